The zero-order valence-corrected chi connectivity index (χ0v) is 11.3. The summed E-state index contributed by atoms with van der Waals surface area (Å²) in [6.07, 6.45) is 0. The number of pyridine rings is 1. The lowest BCUT2D eigenvalue weighted by Crippen LogP contribution is -2.04. The number of hydrogen-bond donors (Lipinski definition) is 1. The second kappa shape index (κ2) is 4.07. The molecule has 3 rings (SSSR count). The predicted molar refractivity (Wildman–Crippen MR) is 74.7 cm³/mol. The van der Waals surface area contributed by atoms with Gasteiger partial charge in [0.05, 0.1) is 20.5 Å². The number of H-pyrrole nitrogens is 1. The molecule has 3 aromatic rings. The molecular weight excluding hydrogens is 321 g/mol. The molecule has 0 aliphatic carbocycles. The van der Waals surface area contributed by atoms with Gasteiger partial charge in [-0.2, -0.15) is 0 Å². The Hall–Kier alpha value is -1.39. The summed E-state index contributed by atoms with van der Waals surface area (Å²) in [5.41, 5.74) is 0.886. The maximum atomic E-state index is 13.2. The van der Waals surface area contributed by atoms with Gasteiger partial charge in [-0.3, -0.25) is 4.79 Å². The maximum Gasteiger partial charge on any atom is 0.197 e. The zero-order valence-electron chi connectivity index (χ0n) is 8.93. The molecule has 0 spiro atoms. The first kappa shape index (κ1) is 11.7. The fraction of sp³-hybridized carbons (Fsp3) is 0. The minimum atomic E-state index is -0.393. The zero-order chi connectivity index (χ0) is 12.9. The summed E-state index contributed by atoms with van der Waals surface area (Å²) in [6, 6.07) is 7.35. The molecule has 0 atom stereocenters. The van der Waals surface area contributed by atoms with Crippen molar-refractivity contribution in [3.63, 3.8) is 0 Å². The van der Waals surface area contributed by atoms with Crippen molar-refractivity contribution in [2.24, 2.45) is 0 Å². The van der Waals surface area contributed by atoms with Crippen LogP contribution in [-0.4, -0.2) is 4.98 Å². The van der Waals surface area contributed by atoms with E-state index in [1.165, 1.54) is 18.2 Å². The van der Waals surface area contributed by atoms with Crippen LogP contribution < -0.4 is 5.43 Å². The number of nitrogens with one attached hydrogen (secondary N) is 1. The lowest BCUT2D eigenvalue weighted by Gasteiger charge is -2.05. The van der Waals surface area contributed by atoms with Crippen molar-refractivity contribution in [3.05, 3.63) is 55.9 Å². The average molecular weight is 327 g/mol. The summed E-state index contributed by atoms with van der Waals surface area (Å²) >= 11 is 9.30. The molecule has 90 valence electrons. The summed E-state index contributed by atoms with van der Waals surface area (Å²) in [5.74, 6) is -0.393. The standard InChI is InChI=1S/C13H6BrClFNO/c14-11-9(15)4-3-8-12(11)17-10-5-6(16)1-2-7(10)13(8)18/h1-5H,(H,17,18). The molecule has 2 aromatic carbocycles. The Balaban J connectivity index is 2.61. The number of aromatic amines is 1. The molecule has 2 nitrogen and oxygen atoms in total. The summed E-state index contributed by atoms with van der Waals surface area (Å²) in [7, 11) is 0. The van der Waals surface area contributed by atoms with E-state index >= 15 is 0 Å². The Labute approximate surface area is 115 Å². The molecule has 0 aliphatic heterocycles. The lowest BCUT2D eigenvalue weighted by atomic mass is 10.1. The molecule has 0 saturated heterocycles. The third-order valence-corrected chi connectivity index (χ3v) is 4.19. The lowest BCUT2D eigenvalue weighted by molar-refractivity contribution is 0.629. The van der Waals surface area contributed by atoms with Crippen LogP contribution in [-0.2, 0) is 0 Å². The number of aromatic nitrogens is 1. The molecule has 0 unspecified atom stereocenters. The van der Waals surface area contributed by atoms with E-state index in [2.05, 4.69) is 20.9 Å². The minimum Gasteiger partial charge on any atom is -0.353 e. The van der Waals surface area contributed by atoms with E-state index in [9.17, 15) is 9.18 Å². The predicted octanol–water partition coefficient (Wildman–Crippen LogP) is 4.24. The highest BCUT2D eigenvalue weighted by Crippen LogP contribution is 2.29. The van der Waals surface area contributed by atoms with Crippen molar-refractivity contribution in [2.45, 2.75) is 0 Å². The van der Waals surface area contributed by atoms with Crippen molar-refractivity contribution in [2.75, 3.05) is 0 Å². The molecule has 18 heavy (non-hydrogen) atoms. The van der Waals surface area contributed by atoms with Crippen molar-refractivity contribution in [1.82, 2.24) is 4.98 Å². The summed E-state index contributed by atoms with van der Waals surface area (Å²) in [6.45, 7) is 0. The number of hydrogen-bond acceptors (Lipinski definition) is 1. The van der Waals surface area contributed by atoms with Crippen LogP contribution in [0.2, 0.25) is 5.02 Å². The third kappa shape index (κ3) is 1.64. The van der Waals surface area contributed by atoms with Crippen LogP contribution in [0.1, 0.15) is 0 Å². The van der Waals surface area contributed by atoms with Gasteiger partial charge in [-0.1, -0.05) is 11.6 Å². The molecular formula is C13H6BrClFNO. The van der Waals surface area contributed by atoms with Crippen molar-refractivity contribution >= 4 is 49.3 Å². The molecule has 1 aromatic heterocycles. The molecule has 5 heteroatoms. The van der Waals surface area contributed by atoms with E-state index in [-0.39, 0.29) is 5.43 Å². The molecule has 0 fully saturated rings. The highest BCUT2D eigenvalue weighted by atomic mass is 79.9. The topological polar surface area (TPSA) is 32.9 Å². The molecule has 0 aliphatic rings. The molecule has 0 amide bonds. The van der Waals surface area contributed by atoms with Gasteiger partial charge in [-0.25, -0.2) is 4.39 Å². The monoisotopic (exact) mass is 325 g/mol. The molecule has 1 N–H and O–H groups in total. The van der Waals surface area contributed by atoms with Gasteiger partial charge in [-0.15, -0.1) is 0 Å². The first-order valence-corrected chi connectivity index (χ1v) is 6.34. The van der Waals surface area contributed by atoms with Gasteiger partial charge in [0.2, 0.25) is 0 Å². The SMILES string of the molecule is O=c1c2ccc(F)cc2[nH]c2c(Br)c(Cl)ccc12. The number of fused-ring (bicyclic) bond motifs is 2. The smallest absolute Gasteiger partial charge is 0.197 e. The minimum absolute atomic E-state index is 0.142. The average Bonchev–Trinajstić information content (AvgIpc) is 2.34. The maximum absolute atomic E-state index is 13.2. The van der Waals surface area contributed by atoms with E-state index in [0.717, 1.165) is 0 Å². The molecule has 1 heterocycles. The van der Waals surface area contributed by atoms with Gasteiger partial charge in [-0.05, 0) is 46.3 Å². The third-order valence-electron chi connectivity index (χ3n) is 2.83. The van der Waals surface area contributed by atoms with Gasteiger partial charge in [0.25, 0.3) is 0 Å². The number of rotatable bonds is 0. The van der Waals surface area contributed by atoms with Crippen LogP contribution in [0, 0.1) is 5.82 Å². The number of benzene rings is 2. The van der Waals surface area contributed by atoms with E-state index in [1.54, 1.807) is 12.1 Å². The molecule has 0 saturated carbocycles. The molecule has 0 radical (unpaired) electrons. The normalized spacial score (nSPS) is 11.3. The van der Waals surface area contributed by atoms with E-state index in [1.807, 2.05) is 0 Å². The fourth-order valence-corrected chi connectivity index (χ4v) is 2.56. The van der Waals surface area contributed by atoms with Crippen LogP contribution >= 0.6 is 27.5 Å². The van der Waals surface area contributed by atoms with Crippen LogP contribution in [0.4, 0.5) is 4.39 Å². The molecule has 0 bridgehead atoms. The summed E-state index contributed by atoms with van der Waals surface area (Å²) in [4.78, 5) is 15.3. The van der Waals surface area contributed by atoms with Gasteiger partial charge in [0.1, 0.15) is 5.82 Å². The Morgan fingerprint density at radius 3 is 2.67 bits per heavy atom. The first-order chi connectivity index (χ1) is 8.58. The van der Waals surface area contributed by atoms with Crippen molar-refractivity contribution in [1.29, 1.82) is 0 Å². The van der Waals surface area contributed by atoms with Gasteiger partial charge >= 0.3 is 0 Å². The number of halogens is 3. The Bertz CT molecular complexity index is 844. The van der Waals surface area contributed by atoms with Crippen LogP contribution in [0.15, 0.2) is 39.6 Å². The van der Waals surface area contributed by atoms with Crippen LogP contribution in [0.25, 0.3) is 21.8 Å². The quantitative estimate of drug-likeness (QED) is 0.616. The summed E-state index contributed by atoms with van der Waals surface area (Å²) in [5, 5.41) is 1.47. The Morgan fingerprint density at radius 1 is 1.17 bits per heavy atom. The van der Waals surface area contributed by atoms with Crippen molar-refractivity contribution in [3.8, 4) is 0 Å². The van der Waals surface area contributed by atoms with E-state index in [4.69, 9.17) is 11.6 Å². The van der Waals surface area contributed by atoms with Crippen LogP contribution in [0.5, 0.6) is 0 Å². The first-order valence-electron chi connectivity index (χ1n) is 5.17. The largest absolute Gasteiger partial charge is 0.353 e. The highest BCUT2D eigenvalue weighted by molar-refractivity contribution is 9.10. The second-order valence-electron chi connectivity index (χ2n) is 3.93. The van der Waals surface area contributed by atoms with E-state index < -0.39 is 5.82 Å². The van der Waals surface area contributed by atoms with Gasteiger partial charge < -0.3 is 4.98 Å². The van der Waals surface area contributed by atoms with E-state index in [0.29, 0.717) is 31.3 Å². The van der Waals surface area contributed by atoms with Crippen LogP contribution in [0.3, 0.4) is 0 Å². The second-order valence-corrected chi connectivity index (χ2v) is 5.13. The Kier molecular flexibility index (Phi) is 2.64. The van der Waals surface area contributed by atoms with Gasteiger partial charge in [0, 0.05) is 10.8 Å². The Morgan fingerprint density at radius 2 is 1.89 bits per heavy atom. The van der Waals surface area contributed by atoms with Gasteiger partial charge in [0.15, 0.2) is 5.43 Å². The highest BCUT2D eigenvalue weighted by Gasteiger charge is 2.10. The fourth-order valence-electron chi connectivity index (χ4n) is 1.96. The summed E-state index contributed by atoms with van der Waals surface area (Å²) < 4.78 is 13.8. The van der Waals surface area contributed by atoms with Crippen molar-refractivity contribution < 1.29 is 4.39 Å².